The highest BCUT2D eigenvalue weighted by molar-refractivity contribution is 5.99. The van der Waals surface area contributed by atoms with Gasteiger partial charge >= 0.3 is 0 Å². The molecule has 3 aromatic rings. The molecule has 0 heterocycles. The third kappa shape index (κ3) is 5.27. The zero-order chi connectivity index (χ0) is 19.8. The molecule has 0 saturated heterocycles. The number of carbonyl (C=O) groups excluding carboxylic acids is 2. The van der Waals surface area contributed by atoms with Crippen LogP contribution in [0.15, 0.2) is 78.9 Å². The van der Waals surface area contributed by atoms with Gasteiger partial charge in [-0.25, -0.2) is 0 Å². The number of hydrogen-bond donors (Lipinski definition) is 1. The largest absolute Gasteiger partial charge is 0.342 e. The van der Waals surface area contributed by atoms with E-state index in [0.29, 0.717) is 12.0 Å². The number of benzene rings is 3. The van der Waals surface area contributed by atoms with Gasteiger partial charge in [0.2, 0.25) is 0 Å². The number of nitrogens with one attached hydrogen (secondary N) is 1. The minimum Gasteiger partial charge on any atom is -0.342 e. The standard InChI is InChI=1S/C25H23NO2/c1-19-12-15-24(22(16-19)14-13-20-8-4-2-5-9-20)25(28)26-23(18-27)17-21-10-6-3-7-11-21/h2-16,18,23H,17H2,1H3,(H,26,28)/b14-13+/t23-/m0/s1. The minimum absolute atomic E-state index is 0.249. The van der Waals surface area contributed by atoms with E-state index in [-0.39, 0.29) is 5.91 Å². The van der Waals surface area contributed by atoms with Crippen molar-refractivity contribution in [2.75, 3.05) is 0 Å². The van der Waals surface area contributed by atoms with Gasteiger partial charge in [0, 0.05) is 5.56 Å². The first-order valence-corrected chi connectivity index (χ1v) is 9.29. The van der Waals surface area contributed by atoms with Crippen molar-refractivity contribution in [3.8, 4) is 0 Å². The Bertz CT molecular complexity index is 962. The normalized spacial score (nSPS) is 11.9. The van der Waals surface area contributed by atoms with Crippen molar-refractivity contribution in [2.45, 2.75) is 19.4 Å². The highest BCUT2D eigenvalue weighted by Crippen LogP contribution is 2.16. The van der Waals surface area contributed by atoms with Crippen LogP contribution < -0.4 is 5.32 Å². The summed E-state index contributed by atoms with van der Waals surface area (Å²) in [4.78, 5) is 24.3. The molecule has 0 saturated carbocycles. The molecule has 3 nitrogen and oxygen atoms in total. The van der Waals surface area contributed by atoms with Gasteiger partial charge in [-0.3, -0.25) is 4.79 Å². The van der Waals surface area contributed by atoms with Crippen LogP contribution in [0.2, 0.25) is 0 Å². The number of aryl methyl sites for hydroxylation is 1. The molecule has 28 heavy (non-hydrogen) atoms. The van der Waals surface area contributed by atoms with Crippen molar-refractivity contribution < 1.29 is 9.59 Å². The number of amides is 1. The number of carbonyl (C=O) groups is 2. The molecule has 140 valence electrons. The summed E-state index contributed by atoms with van der Waals surface area (Å²) in [6.45, 7) is 1.99. The molecule has 0 bridgehead atoms. The molecule has 0 fully saturated rings. The van der Waals surface area contributed by atoms with E-state index in [9.17, 15) is 9.59 Å². The maximum absolute atomic E-state index is 12.8. The van der Waals surface area contributed by atoms with Gasteiger partial charge in [-0.1, -0.05) is 90.5 Å². The van der Waals surface area contributed by atoms with Gasteiger partial charge in [-0.15, -0.1) is 0 Å². The number of aldehydes is 1. The van der Waals surface area contributed by atoms with Gasteiger partial charge in [-0.05, 0) is 36.1 Å². The lowest BCUT2D eigenvalue weighted by Gasteiger charge is -2.14. The molecule has 3 aromatic carbocycles. The molecule has 0 unspecified atom stereocenters. The summed E-state index contributed by atoms with van der Waals surface area (Å²) in [5, 5.41) is 2.85. The van der Waals surface area contributed by atoms with Crippen LogP contribution in [0.25, 0.3) is 12.2 Å². The second-order valence-corrected chi connectivity index (χ2v) is 6.74. The Morgan fingerprint density at radius 2 is 1.61 bits per heavy atom. The van der Waals surface area contributed by atoms with Crippen molar-refractivity contribution in [3.63, 3.8) is 0 Å². The fraction of sp³-hybridized carbons (Fsp3) is 0.120. The molecule has 0 radical (unpaired) electrons. The van der Waals surface area contributed by atoms with Crippen molar-refractivity contribution in [1.29, 1.82) is 0 Å². The molecule has 3 rings (SSSR count). The smallest absolute Gasteiger partial charge is 0.252 e. The van der Waals surface area contributed by atoms with Crippen LogP contribution in [0.1, 0.15) is 32.6 Å². The fourth-order valence-corrected chi connectivity index (χ4v) is 3.02. The lowest BCUT2D eigenvalue weighted by atomic mass is 10.0. The maximum atomic E-state index is 12.8. The van der Waals surface area contributed by atoms with E-state index in [1.54, 1.807) is 6.07 Å². The Morgan fingerprint density at radius 1 is 0.929 bits per heavy atom. The summed E-state index contributed by atoms with van der Waals surface area (Å²) in [6, 6.07) is 24.7. The summed E-state index contributed by atoms with van der Waals surface area (Å²) in [6.07, 6.45) is 5.17. The van der Waals surface area contributed by atoms with Crippen molar-refractivity contribution in [2.24, 2.45) is 0 Å². The predicted molar refractivity (Wildman–Crippen MR) is 114 cm³/mol. The molecule has 0 spiro atoms. The lowest BCUT2D eigenvalue weighted by Crippen LogP contribution is -2.37. The monoisotopic (exact) mass is 369 g/mol. The maximum Gasteiger partial charge on any atom is 0.252 e. The molecular formula is C25H23NO2. The zero-order valence-electron chi connectivity index (χ0n) is 15.8. The quantitative estimate of drug-likeness (QED) is 0.484. The van der Waals surface area contributed by atoms with Crippen LogP contribution in [-0.2, 0) is 11.2 Å². The Hall–Kier alpha value is -3.46. The summed E-state index contributed by atoms with van der Waals surface area (Å²) >= 11 is 0. The third-order valence-corrected chi connectivity index (χ3v) is 4.49. The fourth-order valence-electron chi connectivity index (χ4n) is 3.02. The van der Waals surface area contributed by atoms with Crippen LogP contribution in [0, 0.1) is 6.92 Å². The number of rotatable bonds is 7. The molecule has 0 aliphatic heterocycles. The van der Waals surface area contributed by atoms with E-state index >= 15 is 0 Å². The highest BCUT2D eigenvalue weighted by Gasteiger charge is 2.16. The van der Waals surface area contributed by atoms with E-state index in [0.717, 1.165) is 28.5 Å². The Balaban J connectivity index is 1.79. The van der Waals surface area contributed by atoms with Crippen molar-refractivity contribution in [3.05, 3.63) is 107 Å². The Labute approximate surface area is 165 Å². The Kier molecular flexibility index (Phi) is 6.53. The van der Waals surface area contributed by atoms with Gasteiger partial charge in [-0.2, -0.15) is 0 Å². The van der Waals surface area contributed by atoms with Crippen molar-refractivity contribution >= 4 is 24.3 Å². The topological polar surface area (TPSA) is 46.2 Å². The SMILES string of the molecule is Cc1ccc(C(=O)N[C@H](C=O)Cc2ccccc2)c(/C=C/c2ccccc2)c1. The zero-order valence-corrected chi connectivity index (χ0v) is 15.8. The molecule has 1 N–H and O–H groups in total. The minimum atomic E-state index is -0.567. The predicted octanol–water partition coefficient (Wildman–Crippen LogP) is 4.71. The van der Waals surface area contributed by atoms with E-state index in [1.807, 2.05) is 91.9 Å². The van der Waals surface area contributed by atoms with Gasteiger partial charge in [0.1, 0.15) is 6.29 Å². The second kappa shape index (κ2) is 9.47. The molecule has 0 aromatic heterocycles. The number of hydrogen-bond acceptors (Lipinski definition) is 2. The summed E-state index contributed by atoms with van der Waals surface area (Å²) in [5.74, 6) is -0.249. The van der Waals surface area contributed by atoms with Crippen LogP contribution >= 0.6 is 0 Å². The average molecular weight is 369 g/mol. The van der Waals surface area contributed by atoms with Crippen LogP contribution in [0.4, 0.5) is 0 Å². The molecule has 1 amide bonds. The first kappa shape index (κ1) is 19.3. The van der Waals surface area contributed by atoms with Crippen LogP contribution in [0.5, 0.6) is 0 Å². The summed E-state index contributed by atoms with van der Waals surface area (Å²) < 4.78 is 0. The molecular weight excluding hydrogens is 346 g/mol. The van der Waals surface area contributed by atoms with Gasteiger partial charge < -0.3 is 10.1 Å². The summed E-state index contributed by atoms with van der Waals surface area (Å²) in [7, 11) is 0. The van der Waals surface area contributed by atoms with Crippen LogP contribution in [-0.4, -0.2) is 18.2 Å². The molecule has 1 atom stereocenters. The Morgan fingerprint density at radius 3 is 2.29 bits per heavy atom. The van der Waals surface area contributed by atoms with Crippen LogP contribution in [0.3, 0.4) is 0 Å². The molecule has 0 aliphatic carbocycles. The van der Waals surface area contributed by atoms with E-state index in [1.165, 1.54) is 0 Å². The highest BCUT2D eigenvalue weighted by atomic mass is 16.2. The molecule has 3 heteroatoms. The van der Waals surface area contributed by atoms with E-state index < -0.39 is 6.04 Å². The van der Waals surface area contributed by atoms with Gasteiger partial charge in [0.05, 0.1) is 6.04 Å². The molecule has 0 aliphatic rings. The first-order chi connectivity index (χ1) is 13.7. The van der Waals surface area contributed by atoms with E-state index in [2.05, 4.69) is 5.32 Å². The van der Waals surface area contributed by atoms with Gasteiger partial charge in [0.15, 0.2) is 0 Å². The third-order valence-electron chi connectivity index (χ3n) is 4.49. The first-order valence-electron chi connectivity index (χ1n) is 9.29. The lowest BCUT2D eigenvalue weighted by molar-refractivity contribution is -0.109. The average Bonchev–Trinajstić information content (AvgIpc) is 2.73. The van der Waals surface area contributed by atoms with Crippen molar-refractivity contribution in [1.82, 2.24) is 5.32 Å². The summed E-state index contributed by atoms with van der Waals surface area (Å²) in [5.41, 5.74) is 4.52. The second-order valence-electron chi connectivity index (χ2n) is 6.74. The van der Waals surface area contributed by atoms with E-state index in [4.69, 9.17) is 0 Å². The van der Waals surface area contributed by atoms with Gasteiger partial charge in [0.25, 0.3) is 5.91 Å².